The average Bonchev–Trinajstić information content (AvgIpc) is 2.56. The standard InChI is InChI=1S/C18H22N2O/c1-21-17-9-7-16(8-10-17)18-14-20(12-11-19-18)13-15-5-3-2-4-6-15/h2-10,18-19H,11-14H2,1H3/t18-/m1/s1. The lowest BCUT2D eigenvalue weighted by molar-refractivity contribution is 0.193. The summed E-state index contributed by atoms with van der Waals surface area (Å²) in [5.74, 6) is 0.913. The van der Waals surface area contributed by atoms with Gasteiger partial charge < -0.3 is 10.1 Å². The molecule has 0 unspecified atom stereocenters. The third-order valence-electron chi connectivity index (χ3n) is 4.03. The highest BCUT2D eigenvalue weighted by atomic mass is 16.5. The van der Waals surface area contributed by atoms with Crippen molar-refractivity contribution in [3.63, 3.8) is 0 Å². The van der Waals surface area contributed by atoms with E-state index in [0.717, 1.165) is 31.9 Å². The SMILES string of the molecule is COc1ccc([C@H]2CN(Cc3ccccc3)CCN2)cc1. The van der Waals surface area contributed by atoms with Crippen molar-refractivity contribution in [2.24, 2.45) is 0 Å². The highest BCUT2D eigenvalue weighted by Gasteiger charge is 2.20. The van der Waals surface area contributed by atoms with Crippen LogP contribution >= 0.6 is 0 Å². The molecular formula is C18H22N2O. The highest BCUT2D eigenvalue weighted by molar-refractivity contribution is 5.29. The maximum absolute atomic E-state index is 5.23. The fourth-order valence-corrected chi connectivity index (χ4v) is 2.86. The van der Waals surface area contributed by atoms with E-state index in [-0.39, 0.29) is 0 Å². The second-order valence-corrected chi connectivity index (χ2v) is 5.50. The maximum Gasteiger partial charge on any atom is 0.118 e. The minimum absolute atomic E-state index is 0.397. The molecule has 2 aromatic rings. The molecule has 0 saturated carbocycles. The Kier molecular flexibility index (Phi) is 4.53. The molecule has 2 aromatic carbocycles. The number of nitrogens with zero attached hydrogens (tertiary/aromatic N) is 1. The van der Waals surface area contributed by atoms with Crippen molar-refractivity contribution in [3.8, 4) is 5.75 Å². The van der Waals surface area contributed by atoms with Crippen LogP contribution in [0.3, 0.4) is 0 Å². The van der Waals surface area contributed by atoms with Crippen LogP contribution in [0.25, 0.3) is 0 Å². The molecular weight excluding hydrogens is 260 g/mol. The van der Waals surface area contributed by atoms with Gasteiger partial charge >= 0.3 is 0 Å². The van der Waals surface area contributed by atoms with Crippen LogP contribution < -0.4 is 10.1 Å². The third kappa shape index (κ3) is 3.63. The second-order valence-electron chi connectivity index (χ2n) is 5.50. The van der Waals surface area contributed by atoms with Crippen molar-refractivity contribution in [3.05, 3.63) is 65.7 Å². The van der Waals surface area contributed by atoms with E-state index in [1.165, 1.54) is 11.1 Å². The first-order chi connectivity index (χ1) is 10.3. The van der Waals surface area contributed by atoms with Gasteiger partial charge in [0.05, 0.1) is 7.11 Å². The van der Waals surface area contributed by atoms with Crippen LogP contribution in [0.15, 0.2) is 54.6 Å². The lowest BCUT2D eigenvalue weighted by atomic mass is 10.0. The van der Waals surface area contributed by atoms with Crippen molar-refractivity contribution in [2.45, 2.75) is 12.6 Å². The third-order valence-corrected chi connectivity index (χ3v) is 4.03. The van der Waals surface area contributed by atoms with Crippen molar-refractivity contribution in [1.82, 2.24) is 10.2 Å². The number of methoxy groups -OCH3 is 1. The van der Waals surface area contributed by atoms with Gasteiger partial charge in [-0.25, -0.2) is 0 Å². The first kappa shape index (κ1) is 14.1. The Bertz CT molecular complexity index is 553. The van der Waals surface area contributed by atoms with Gasteiger partial charge in [0.15, 0.2) is 0 Å². The van der Waals surface area contributed by atoms with Crippen LogP contribution in [0.5, 0.6) is 5.75 Å². The van der Waals surface area contributed by atoms with E-state index in [2.05, 4.69) is 52.7 Å². The van der Waals surface area contributed by atoms with Crippen LogP contribution in [0, 0.1) is 0 Å². The summed E-state index contributed by atoms with van der Waals surface area (Å²) < 4.78 is 5.23. The first-order valence-corrected chi connectivity index (χ1v) is 7.49. The normalized spacial score (nSPS) is 19.4. The quantitative estimate of drug-likeness (QED) is 0.933. The number of hydrogen-bond donors (Lipinski definition) is 1. The van der Waals surface area contributed by atoms with Gasteiger partial charge in [0.2, 0.25) is 0 Å². The molecule has 0 spiro atoms. The molecule has 3 rings (SSSR count). The zero-order chi connectivity index (χ0) is 14.5. The van der Waals surface area contributed by atoms with Gasteiger partial charge in [0, 0.05) is 32.2 Å². The molecule has 1 atom stereocenters. The van der Waals surface area contributed by atoms with Gasteiger partial charge in [-0.05, 0) is 23.3 Å². The number of hydrogen-bond acceptors (Lipinski definition) is 3. The van der Waals surface area contributed by atoms with Crippen molar-refractivity contribution in [1.29, 1.82) is 0 Å². The Hall–Kier alpha value is -1.84. The Morgan fingerprint density at radius 2 is 1.86 bits per heavy atom. The van der Waals surface area contributed by atoms with Crippen LogP contribution in [0.1, 0.15) is 17.2 Å². The zero-order valence-corrected chi connectivity index (χ0v) is 12.5. The molecule has 1 saturated heterocycles. The van der Waals surface area contributed by atoms with Crippen molar-refractivity contribution >= 4 is 0 Å². The molecule has 3 nitrogen and oxygen atoms in total. The summed E-state index contributed by atoms with van der Waals surface area (Å²) in [4.78, 5) is 2.51. The van der Waals surface area contributed by atoms with Crippen LogP contribution in [0.4, 0.5) is 0 Å². The largest absolute Gasteiger partial charge is 0.497 e. The molecule has 1 aliphatic heterocycles. The highest BCUT2D eigenvalue weighted by Crippen LogP contribution is 2.21. The molecule has 1 heterocycles. The maximum atomic E-state index is 5.23. The zero-order valence-electron chi connectivity index (χ0n) is 12.5. The van der Waals surface area contributed by atoms with E-state index in [4.69, 9.17) is 4.74 Å². The number of piperazine rings is 1. The van der Waals surface area contributed by atoms with Crippen LogP contribution in [-0.2, 0) is 6.54 Å². The number of rotatable bonds is 4. The monoisotopic (exact) mass is 282 g/mol. The predicted octanol–water partition coefficient (Wildman–Crippen LogP) is 2.84. The van der Waals surface area contributed by atoms with Gasteiger partial charge in [0.1, 0.15) is 5.75 Å². The lowest BCUT2D eigenvalue weighted by Crippen LogP contribution is -2.45. The Morgan fingerprint density at radius 3 is 2.57 bits per heavy atom. The summed E-state index contributed by atoms with van der Waals surface area (Å²) >= 11 is 0. The van der Waals surface area contributed by atoms with E-state index in [1.54, 1.807) is 7.11 Å². The number of benzene rings is 2. The molecule has 1 N–H and O–H groups in total. The van der Waals surface area contributed by atoms with Crippen LogP contribution in [0.2, 0.25) is 0 Å². The minimum atomic E-state index is 0.397. The van der Waals surface area contributed by atoms with E-state index < -0.39 is 0 Å². The van der Waals surface area contributed by atoms with Gasteiger partial charge in [-0.3, -0.25) is 4.90 Å². The molecule has 110 valence electrons. The van der Waals surface area contributed by atoms with Gasteiger partial charge in [-0.1, -0.05) is 42.5 Å². The molecule has 0 amide bonds. The smallest absolute Gasteiger partial charge is 0.118 e. The Balaban J connectivity index is 1.64. The second kappa shape index (κ2) is 6.74. The molecule has 0 bridgehead atoms. The molecule has 0 radical (unpaired) electrons. The average molecular weight is 282 g/mol. The first-order valence-electron chi connectivity index (χ1n) is 7.49. The predicted molar refractivity (Wildman–Crippen MR) is 85.5 cm³/mol. The van der Waals surface area contributed by atoms with E-state index in [0.29, 0.717) is 6.04 Å². The number of ether oxygens (including phenoxy) is 1. The fraction of sp³-hybridized carbons (Fsp3) is 0.333. The summed E-state index contributed by atoms with van der Waals surface area (Å²) in [5.41, 5.74) is 2.71. The Morgan fingerprint density at radius 1 is 1.10 bits per heavy atom. The van der Waals surface area contributed by atoms with Crippen LogP contribution in [-0.4, -0.2) is 31.6 Å². The van der Waals surface area contributed by atoms with E-state index in [9.17, 15) is 0 Å². The molecule has 0 aliphatic carbocycles. The summed E-state index contributed by atoms with van der Waals surface area (Å²) in [6.45, 7) is 4.20. The summed E-state index contributed by atoms with van der Waals surface area (Å²) in [7, 11) is 1.70. The minimum Gasteiger partial charge on any atom is -0.497 e. The summed E-state index contributed by atoms with van der Waals surface area (Å²) in [6, 6.07) is 19.5. The molecule has 3 heteroatoms. The lowest BCUT2D eigenvalue weighted by Gasteiger charge is -2.34. The summed E-state index contributed by atoms with van der Waals surface area (Å²) in [6.07, 6.45) is 0. The van der Waals surface area contributed by atoms with Crippen molar-refractivity contribution in [2.75, 3.05) is 26.7 Å². The van der Waals surface area contributed by atoms with Gasteiger partial charge in [-0.2, -0.15) is 0 Å². The molecule has 1 fully saturated rings. The fourth-order valence-electron chi connectivity index (χ4n) is 2.86. The number of nitrogens with one attached hydrogen (secondary N) is 1. The molecule has 0 aromatic heterocycles. The molecule has 1 aliphatic rings. The van der Waals surface area contributed by atoms with Gasteiger partial charge in [0.25, 0.3) is 0 Å². The topological polar surface area (TPSA) is 24.5 Å². The molecule has 21 heavy (non-hydrogen) atoms. The summed E-state index contributed by atoms with van der Waals surface area (Å²) in [5, 5.41) is 3.61. The van der Waals surface area contributed by atoms with E-state index >= 15 is 0 Å². The van der Waals surface area contributed by atoms with E-state index in [1.807, 2.05) is 12.1 Å². The Labute approximate surface area is 126 Å². The van der Waals surface area contributed by atoms with Crippen molar-refractivity contribution < 1.29 is 4.74 Å². The van der Waals surface area contributed by atoms with Gasteiger partial charge in [-0.15, -0.1) is 0 Å².